The number of aromatic nitrogens is 4. The standard InChI is InChI=1S/C30H31N7O2/c1-18-4-5-20(11-26-30(17-32-26)12-24(38)13-30)10-25(18)35-28(39)21-6-8-23(9-7-21)34-29-31-14-19(2)27(36-29)22-15-33-37(3)16-22/h4-10,14-16,26,32H,11-13,17H2,1-3H3,(H,35,39)(H,31,34,36). The van der Waals surface area contributed by atoms with Crippen LogP contribution in [0.2, 0.25) is 0 Å². The molecule has 2 aliphatic rings. The molecule has 1 aliphatic heterocycles. The number of benzene rings is 2. The third-order valence-electron chi connectivity index (χ3n) is 7.88. The lowest BCUT2D eigenvalue weighted by atomic mass is 9.57. The van der Waals surface area contributed by atoms with E-state index in [9.17, 15) is 9.59 Å². The van der Waals surface area contributed by atoms with Crippen molar-refractivity contribution in [3.8, 4) is 11.3 Å². The predicted molar refractivity (Wildman–Crippen MR) is 150 cm³/mol. The van der Waals surface area contributed by atoms with Gasteiger partial charge in [0.15, 0.2) is 0 Å². The fourth-order valence-corrected chi connectivity index (χ4v) is 5.46. The first-order valence-electron chi connectivity index (χ1n) is 13.1. The highest BCUT2D eigenvalue weighted by atomic mass is 16.1. The number of Topliss-reactive ketones (excluding diaryl/α,β-unsaturated/α-hetero) is 1. The first kappa shape index (κ1) is 24.9. The zero-order valence-corrected chi connectivity index (χ0v) is 22.3. The minimum Gasteiger partial charge on any atom is -0.324 e. The van der Waals surface area contributed by atoms with Crippen LogP contribution in [0.15, 0.2) is 61.1 Å². The first-order chi connectivity index (χ1) is 18.8. The normalized spacial score (nSPS) is 17.4. The summed E-state index contributed by atoms with van der Waals surface area (Å²) in [6.07, 6.45) is 7.70. The molecule has 39 heavy (non-hydrogen) atoms. The monoisotopic (exact) mass is 521 g/mol. The van der Waals surface area contributed by atoms with Crippen molar-refractivity contribution in [2.24, 2.45) is 12.5 Å². The summed E-state index contributed by atoms with van der Waals surface area (Å²) in [7, 11) is 1.87. The third kappa shape index (κ3) is 4.93. The van der Waals surface area contributed by atoms with Crippen LogP contribution < -0.4 is 16.0 Å². The molecule has 9 nitrogen and oxygen atoms in total. The smallest absolute Gasteiger partial charge is 0.255 e. The fourth-order valence-electron chi connectivity index (χ4n) is 5.46. The van der Waals surface area contributed by atoms with E-state index in [4.69, 9.17) is 0 Å². The van der Waals surface area contributed by atoms with E-state index < -0.39 is 0 Å². The van der Waals surface area contributed by atoms with Gasteiger partial charge in [0.1, 0.15) is 5.78 Å². The number of nitrogens with one attached hydrogen (secondary N) is 3. The van der Waals surface area contributed by atoms with Crippen molar-refractivity contribution in [3.05, 3.63) is 83.3 Å². The molecule has 1 amide bonds. The van der Waals surface area contributed by atoms with E-state index in [1.807, 2.05) is 51.4 Å². The number of amides is 1. The summed E-state index contributed by atoms with van der Waals surface area (Å²) >= 11 is 0. The first-order valence-corrected chi connectivity index (χ1v) is 13.1. The zero-order chi connectivity index (χ0) is 27.1. The van der Waals surface area contributed by atoms with Crippen LogP contribution >= 0.6 is 0 Å². The number of nitrogens with zero attached hydrogens (tertiary/aromatic N) is 4. The molecule has 1 saturated heterocycles. The number of aryl methyl sites for hydroxylation is 3. The van der Waals surface area contributed by atoms with Gasteiger partial charge in [0.2, 0.25) is 5.95 Å². The molecule has 3 N–H and O–H groups in total. The van der Waals surface area contributed by atoms with Crippen LogP contribution in [0.25, 0.3) is 11.3 Å². The van der Waals surface area contributed by atoms with Gasteiger partial charge in [0.05, 0.1) is 11.9 Å². The van der Waals surface area contributed by atoms with E-state index >= 15 is 0 Å². The number of carbonyl (C=O) groups excluding carboxylic acids is 2. The molecule has 1 spiro atoms. The Morgan fingerprint density at radius 1 is 1.10 bits per heavy atom. The predicted octanol–water partition coefficient (Wildman–Crippen LogP) is 4.35. The van der Waals surface area contributed by atoms with Gasteiger partial charge in [-0.25, -0.2) is 9.97 Å². The maximum absolute atomic E-state index is 13.1. The minimum atomic E-state index is -0.171. The van der Waals surface area contributed by atoms with Crippen LogP contribution in [-0.2, 0) is 18.3 Å². The van der Waals surface area contributed by atoms with E-state index in [0.717, 1.165) is 52.3 Å². The lowest BCUT2D eigenvalue weighted by Crippen LogP contribution is -2.68. The van der Waals surface area contributed by atoms with Crippen LogP contribution in [-0.4, -0.2) is 44.0 Å². The SMILES string of the molecule is Cc1ccc(CC2NCC23CC(=O)C3)cc1NC(=O)c1ccc(Nc2ncc(C)c(-c3cnn(C)c3)n2)cc1. The number of hydrogen-bond acceptors (Lipinski definition) is 7. The van der Waals surface area contributed by atoms with Gasteiger partial charge >= 0.3 is 0 Å². The maximum atomic E-state index is 13.1. The molecule has 2 aromatic carbocycles. The molecule has 9 heteroatoms. The van der Waals surface area contributed by atoms with Crippen LogP contribution in [0.3, 0.4) is 0 Å². The topological polar surface area (TPSA) is 114 Å². The van der Waals surface area contributed by atoms with Gasteiger partial charge < -0.3 is 16.0 Å². The second kappa shape index (κ2) is 9.74. The largest absolute Gasteiger partial charge is 0.324 e. The number of rotatable bonds is 7. The highest BCUT2D eigenvalue weighted by Gasteiger charge is 2.54. The fraction of sp³-hybridized carbons (Fsp3) is 0.300. The van der Waals surface area contributed by atoms with Gasteiger partial charge in [0.25, 0.3) is 5.91 Å². The van der Waals surface area contributed by atoms with Crippen molar-refractivity contribution in [3.63, 3.8) is 0 Å². The van der Waals surface area contributed by atoms with Crippen molar-refractivity contribution in [2.75, 3.05) is 17.2 Å². The van der Waals surface area contributed by atoms with E-state index in [0.29, 0.717) is 36.2 Å². The van der Waals surface area contributed by atoms with Crippen molar-refractivity contribution in [1.82, 2.24) is 25.1 Å². The molecule has 2 fully saturated rings. The van der Waals surface area contributed by atoms with Crippen molar-refractivity contribution in [1.29, 1.82) is 0 Å². The summed E-state index contributed by atoms with van der Waals surface area (Å²) in [5.74, 6) is 0.661. The minimum absolute atomic E-state index is 0.144. The lowest BCUT2D eigenvalue weighted by molar-refractivity contribution is -0.140. The molecular formula is C30H31N7O2. The highest BCUT2D eigenvalue weighted by molar-refractivity contribution is 6.04. The van der Waals surface area contributed by atoms with Gasteiger partial charge in [-0.05, 0) is 67.3 Å². The highest BCUT2D eigenvalue weighted by Crippen LogP contribution is 2.47. The van der Waals surface area contributed by atoms with Gasteiger partial charge in [-0.3, -0.25) is 14.3 Å². The van der Waals surface area contributed by atoms with Crippen molar-refractivity contribution < 1.29 is 9.59 Å². The molecular weight excluding hydrogens is 490 g/mol. The third-order valence-corrected chi connectivity index (χ3v) is 7.88. The Morgan fingerprint density at radius 3 is 2.56 bits per heavy atom. The quantitative estimate of drug-likeness (QED) is 0.331. The van der Waals surface area contributed by atoms with Gasteiger partial charge in [-0.2, -0.15) is 5.10 Å². The van der Waals surface area contributed by atoms with Gasteiger partial charge in [-0.15, -0.1) is 0 Å². The molecule has 4 aromatic rings. The van der Waals surface area contributed by atoms with Gasteiger partial charge in [-0.1, -0.05) is 12.1 Å². The van der Waals surface area contributed by atoms with Crippen LogP contribution in [0.5, 0.6) is 0 Å². The number of ketones is 1. The molecule has 198 valence electrons. The number of carbonyl (C=O) groups is 2. The van der Waals surface area contributed by atoms with Gasteiger partial charge in [0, 0.05) is 72.8 Å². The average Bonchev–Trinajstić information content (AvgIpc) is 3.33. The maximum Gasteiger partial charge on any atom is 0.255 e. The Balaban J connectivity index is 1.11. The van der Waals surface area contributed by atoms with Crippen molar-refractivity contribution in [2.45, 2.75) is 39.2 Å². The molecule has 1 saturated carbocycles. The van der Waals surface area contributed by atoms with Crippen LogP contribution in [0.1, 0.15) is 39.9 Å². The number of anilines is 3. The van der Waals surface area contributed by atoms with Crippen LogP contribution in [0.4, 0.5) is 17.3 Å². The molecule has 1 atom stereocenters. The summed E-state index contributed by atoms with van der Waals surface area (Å²) in [4.78, 5) is 33.7. The second-order valence-corrected chi connectivity index (χ2v) is 10.8. The molecule has 1 unspecified atom stereocenters. The van der Waals surface area contributed by atoms with E-state index in [2.05, 4.69) is 37.1 Å². The Kier molecular flexibility index (Phi) is 6.23. The second-order valence-electron chi connectivity index (χ2n) is 10.8. The van der Waals surface area contributed by atoms with E-state index in [1.54, 1.807) is 29.2 Å². The molecule has 1 aliphatic carbocycles. The Labute approximate surface area is 227 Å². The van der Waals surface area contributed by atoms with Crippen molar-refractivity contribution >= 4 is 29.0 Å². The molecule has 3 heterocycles. The average molecular weight is 522 g/mol. The molecule has 0 radical (unpaired) electrons. The molecule has 0 bridgehead atoms. The summed E-state index contributed by atoms with van der Waals surface area (Å²) in [5.41, 5.74) is 7.13. The summed E-state index contributed by atoms with van der Waals surface area (Å²) in [6, 6.07) is 13.7. The lowest BCUT2D eigenvalue weighted by Gasteiger charge is -2.55. The van der Waals surface area contributed by atoms with E-state index in [-0.39, 0.29) is 11.3 Å². The Bertz CT molecular complexity index is 1570. The molecule has 2 aromatic heterocycles. The van der Waals surface area contributed by atoms with E-state index in [1.165, 1.54) is 0 Å². The molecule has 6 rings (SSSR count). The Morgan fingerprint density at radius 2 is 1.90 bits per heavy atom. The Hall–Kier alpha value is -4.37. The summed E-state index contributed by atoms with van der Waals surface area (Å²) in [5, 5.41) is 14.0. The number of hydrogen-bond donors (Lipinski definition) is 3. The van der Waals surface area contributed by atoms with Crippen LogP contribution in [0, 0.1) is 19.3 Å². The zero-order valence-electron chi connectivity index (χ0n) is 22.3. The summed E-state index contributed by atoms with van der Waals surface area (Å²) in [6.45, 7) is 4.88. The summed E-state index contributed by atoms with van der Waals surface area (Å²) < 4.78 is 1.74.